The lowest BCUT2D eigenvalue weighted by molar-refractivity contribution is 0.114. The van der Waals surface area contributed by atoms with Gasteiger partial charge in [-0.1, -0.05) is 20.8 Å². The van der Waals surface area contributed by atoms with E-state index in [1.54, 1.807) is 0 Å². The molecule has 0 bridgehead atoms. The summed E-state index contributed by atoms with van der Waals surface area (Å²) in [6.45, 7) is 9.57. The van der Waals surface area contributed by atoms with E-state index in [1.807, 2.05) is 7.05 Å². The molecule has 106 valence electrons. The van der Waals surface area contributed by atoms with E-state index < -0.39 is 0 Å². The Hall–Kier alpha value is -0.770. The van der Waals surface area contributed by atoms with E-state index in [-0.39, 0.29) is 0 Å². The van der Waals surface area contributed by atoms with Crippen LogP contribution in [-0.2, 0) is 4.74 Å². The van der Waals surface area contributed by atoms with Crippen LogP contribution in [0.3, 0.4) is 0 Å². The highest BCUT2D eigenvalue weighted by molar-refractivity contribution is 5.79. The number of hydrogen-bond donors (Lipinski definition) is 2. The van der Waals surface area contributed by atoms with Gasteiger partial charge in [-0.05, 0) is 31.1 Å². The largest absolute Gasteiger partial charge is 0.376 e. The lowest BCUT2D eigenvalue weighted by Crippen LogP contribution is -2.41. The molecule has 1 saturated heterocycles. The first-order chi connectivity index (χ1) is 8.51. The molecule has 2 N–H and O–H groups in total. The topological polar surface area (TPSA) is 45.7 Å². The summed E-state index contributed by atoms with van der Waals surface area (Å²) < 4.78 is 5.57. The summed E-state index contributed by atoms with van der Waals surface area (Å²) in [5.41, 5.74) is 0.413. The molecule has 1 atom stereocenters. The first-order valence-corrected chi connectivity index (χ1v) is 7.07. The van der Waals surface area contributed by atoms with Crippen LogP contribution < -0.4 is 10.6 Å². The average molecular weight is 255 g/mol. The molecule has 4 nitrogen and oxygen atoms in total. The minimum Gasteiger partial charge on any atom is -0.376 e. The van der Waals surface area contributed by atoms with Gasteiger partial charge in [0.1, 0.15) is 0 Å². The van der Waals surface area contributed by atoms with Gasteiger partial charge in [0.2, 0.25) is 0 Å². The van der Waals surface area contributed by atoms with Crippen molar-refractivity contribution in [2.24, 2.45) is 10.4 Å². The number of ether oxygens (including phenoxy) is 1. The quantitative estimate of drug-likeness (QED) is 0.449. The van der Waals surface area contributed by atoms with Crippen molar-refractivity contribution in [2.75, 3.05) is 26.7 Å². The number of nitrogens with zero attached hydrogens (tertiary/aromatic N) is 1. The zero-order chi connectivity index (χ0) is 13.4. The molecule has 18 heavy (non-hydrogen) atoms. The minimum absolute atomic E-state index is 0.359. The van der Waals surface area contributed by atoms with Crippen molar-refractivity contribution in [1.82, 2.24) is 10.6 Å². The van der Waals surface area contributed by atoms with Crippen LogP contribution in [-0.4, -0.2) is 38.8 Å². The third kappa shape index (κ3) is 6.84. The van der Waals surface area contributed by atoms with E-state index in [9.17, 15) is 0 Å². The molecule has 0 saturated carbocycles. The second-order valence-electron chi connectivity index (χ2n) is 6.18. The fraction of sp³-hybridized carbons (Fsp3) is 0.929. The summed E-state index contributed by atoms with van der Waals surface area (Å²) >= 11 is 0. The maximum atomic E-state index is 5.57. The lowest BCUT2D eigenvalue weighted by atomic mass is 9.91. The Kier molecular flexibility index (Phi) is 6.47. The molecule has 1 unspecified atom stereocenters. The van der Waals surface area contributed by atoms with Gasteiger partial charge in [-0.25, -0.2) is 0 Å². The van der Waals surface area contributed by atoms with Gasteiger partial charge in [0.25, 0.3) is 0 Å². The van der Waals surface area contributed by atoms with Crippen LogP contribution in [0.5, 0.6) is 0 Å². The Morgan fingerprint density at radius 3 is 2.67 bits per heavy atom. The van der Waals surface area contributed by atoms with Gasteiger partial charge in [-0.15, -0.1) is 0 Å². The normalized spacial score (nSPS) is 21.1. The Morgan fingerprint density at radius 1 is 1.33 bits per heavy atom. The summed E-state index contributed by atoms with van der Waals surface area (Å²) in [7, 11) is 1.81. The predicted octanol–water partition coefficient (Wildman–Crippen LogP) is 2.16. The summed E-state index contributed by atoms with van der Waals surface area (Å²) in [6, 6.07) is 0. The molecule has 1 heterocycles. The molecule has 0 amide bonds. The molecule has 0 aromatic rings. The van der Waals surface area contributed by atoms with Gasteiger partial charge in [0.15, 0.2) is 5.96 Å². The van der Waals surface area contributed by atoms with Crippen LogP contribution in [0.25, 0.3) is 0 Å². The number of hydrogen-bond acceptors (Lipinski definition) is 2. The van der Waals surface area contributed by atoms with Gasteiger partial charge < -0.3 is 15.4 Å². The Balaban J connectivity index is 2.10. The lowest BCUT2D eigenvalue weighted by Gasteiger charge is -2.19. The third-order valence-corrected chi connectivity index (χ3v) is 3.14. The smallest absolute Gasteiger partial charge is 0.191 e. The molecule has 1 fully saturated rings. The standard InChI is InChI=1S/C14H29N3O/c1-14(2,3)8-6-9-16-13(15-4)17-11-12-7-5-10-18-12/h12H,5-11H2,1-4H3,(H2,15,16,17). The van der Waals surface area contributed by atoms with Gasteiger partial charge >= 0.3 is 0 Å². The monoisotopic (exact) mass is 255 g/mol. The molecular weight excluding hydrogens is 226 g/mol. The highest BCUT2D eigenvalue weighted by atomic mass is 16.5. The van der Waals surface area contributed by atoms with Crippen molar-refractivity contribution in [3.05, 3.63) is 0 Å². The Morgan fingerprint density at radius 2 is 2.11 bits per heavy atom. The number of nitrogens with one attached hydrogen (secondary N) is 2. The summed E-state index contributed by atoms with van der Waals surface area (Å²) in [6.07, 6.45) is 5.10. The molecule has 1 aliphatic rings. The maximum absolute atomic E-state index is 5.57. The van der Waals surface area contributed by atoms with Gasteiger partial charge in [0.05, 0.1) is 6.10 Å². The van der Waals surface area contributed by atoms with Crippen molar-refractivity contribution >= 4 is 5.96 Å². The van der Waals surface area contributed by atoms with Crippen molar-refractivity contribution in [3.8, 4) is 0 Å². The van der Waals surface area contributed by atoms with E-state index in [2.05, 4.69) is 36.4 Å². The van der Waals surface area contributed by atoms with E-state index in [0.717, 1.165) is 32.1 Å². The molecule has 0 spiro atoms. The molecule has 1 rings (SSSR count). The van der Waals surface area contributed by atoms with Crippen LogP contribution in [0.4, 0.5) is 0 Å². The minimum atomic E-state index is 0.359. The van der Waals surface area contributed by atoms with Crippen molar-refractivity contribution < 1.29 is 4.74 Å². The number of rotatable bonds is 5. The van der Waals surface area contributed by atoms with E-state index in [4.69, 9.17) is 4.74 Å². The summed E-state index contributed by atoms with van der Waals surface area (Å²) in [5.74, 6) is 0.888. The Labute approximate surface area is 112 Å². The second kappa shape index (κ2) is 7.62. The van der Waals surface area contributed by atoms with Crippen molar-refractivity contribution in [1.29, 1.82) is 0 Å². The highest BCUT2D eigenvalue weighted by Gasteiger charge is 2.15. The van der Waals surface area contributed by atoms with Crippen molar-refractivity contribution in [2.45, 2.75) is 52.6 Å². The molecule has 0 radical (unpaired) electrons. The second-order valence-corrected chi connectivity index (χ2v) is 6.18. The zero-order valence-corrected chi connectivity index (χ0v) is 12.4. The fourth-order valence-electron chi connectivity index (χ4n) is 2.06. The Bertz CT molecular complexity index is 252. The van der Waals surface area contributed by atoms with E-state index in [0.29, 0.717) is 11.5 Å². The SMILES string of the molecule is CN=C(NCCCC(C)(C)C)NCC1CCCO1. The van der Waals surface area contributed by atoms with Crippen LogP contribution >= 0.6 is 0 Å². The fourth-order valence-corrected chi connectivity index (χ4v) is 2.06. The molecule has 0 aromatic carbocycles. The number of aliphatic imine (C=N–C) groups is 1. The highest BCUT2D eigenvalue weighted by Crippen LogP contribution is 2.19. The molecule has 1 aliphatic heterocycles. The van der Waals surface area contributed by atoms with E-state index in [1.165, 1.54) is 19.3 Å². The van der Waals surface area contributed by atoms with Crippen LogP contribution in [0.15, 0.2) is 4.99 Å². The van der Waals surface area contributed by atoms with E-state index >= 15 is 0 Å². The summed E-state index contributed by atoms with van der Waals surface area (Å²) in [4.78, 5) is 4.22. The maximum Gasteiger partial charge on any atom is 0.191 e. The molecule has 4 heteroatoms. The van der Waals surface area contributed by atoms with Crippen molar-refractivity contribution in [3.63, 3.8) is 0 Å². The van der Waals surface area contributed by atoms with Crippen LogP contribution in [0.2, 0.25) is 0 Å². The predicted molar refractivity (Wildman–Crippen MR) is 77.0 cm³/mol. The first kappa shape index (κ1) is 15.3. The summed E-state index contributed by atoms with van der Waals surface area (Å²) in [5, 5.41) is 6.67. The first-order valence-electron chi connectivity index (χ1n) is 7.07. The number of guanidine groups is 1. The van der Waals surface area contributed by atoms with Gasteiger partial charge in [0, 0.05) is 26.7 Å². The van der Waals surface area contributed by atoms with Gasteiger partial charge in [-0.2, -0.15) is 0 Å². The molecule has 0 aromatic heterocycles. The van der Waals surface area contributed by atoms with Gasteiger partial charge in [-0.3, -0.25) is 4.99 Å². The van der Waals surface area contributed by atoms with Crippen LogP contribution in [0, 0.1) is 5.41 Å². The molecular formula is C14H29N3O. The third-order valence-electron chi connectivity index (χ3n) is 3.14. The average Bonchev–Trinajstić information content (AvgIpc) is 2.79. The molecule has 0 aliphatic carbocycles. The zero-order valence-electron chi connectivity index (χ0n) is 12.4. The van der Waals surface area contributed by atoms with Crippen LogP contribution in [0.1, 0.15) is 46.5 Å².